The molecule has 18 heavy (non-hydrogen) atoms. The van der Waals surface area contributed by atoms with Crippen molar-refractivity contribution in [3.8, 4) is 0 Å². The standard InChI is InChI=1S/C14H19N3O/c1-4-12-9(2)13(17-15)11-7-5-6-10(8-18-3)14(11)16-12/h5-7H,4,8,15H2,1-3H3,(H,16,17). The Morgan fingerprint density at radius 2 is 2.17 bits per heavy atom. The van der Waals surface area contributed by atoms with Gasteiger partial charge < -0.3 is 10.2 Å². The lowest BCUT2D eigenvalue weighted by molar-refractivity contribution is 0.186. The highest BCUT2D eigenvalue weighted by molar-refractivity contribution is 5.94. The molecule has 0 aliphatic carbocycles. The normalized spacial score (nSPS) is 10.9. The Kier molecular flexibility index (Phi) is 3.79. The van der Waals surface area contributed by atoms with Crippen molar-refractivity contribution in [2.75, 3.05) is 12.5 Å². The lowest BCUT2D eigenvalue weighted by atomic mass is 10.0. The minimum Gasteiger partial charge on any atom is -0.380 e. The van der Waals surface area contributed by atoms with Crippen LogP contribution in [0, 0.1) is 6.92 Å². The van der Waals surface area contributed by atoms with Gasteiger partial charge in [0, 0.05) is 23.8 Å². The molecule has 0 aliphatic rings. The molecule has 4 nitrogen and oxygen atoms in total. The molecule has 1 aromatic carbocycles. The highest BCUT2D eigenvalue weighted by Crippen LogP contribution is 2.29. The molecule has 0 aliphatic heterocycles. The van der Waals surface area contributed by atoms with Crippen LogP contribution in [0.2, 0.25) is 0 Å². The summed E-state index contributed by atoms with van der Waals surface area (Å²) in [6.07, 6.45) is 0.887. The maximum Gasteiger partial charge on any atom is 0.0781 e. The second-order valence-electron chi connectivity index (χ2n) is 4.30. The molecule has 2 aromatic rings. The molecule has 0 radical (unpaired) electrons. The minimum atomic E-state index is 0.556. The fraction of sp³-hybridized carbons (Fsp3) is 0.357. The van der Waals surface area contributed by atoms with Crippen LogP contribution in [0.15, 0.2) is 18.2 Å². The number of nitrogen functional groups attached to an aromatic ring is 1. The summed E-state index contributed by atoms with van der Waals surface area (Å²) in [5.41, 5.74) is 7.99. The molecule has 1 aromatic heterocycles. The van der Waals surface area contributed by atoms with E-state index in [0.29, 0.717) is 6.61 Å². The predicted octanol–water partition coefficient (Wildman–Crippen LogP) is 2.54. The number of aromatic nitrogens is 1. The summed E-state index contributed by atoms with van der Waals surface area (Å²) in [5.74, 6) is 5.66. The molecule has 0 saturated heterocycles. The Morgan fingerprint density at radius 1 is 1.39 bits per heavy atom. The van der Waals surface area contributed by atoms with Crippen LogP contribution in [0.4, 0.5) is 5.69 Å². The molecule has 0 atom stereocenters. The molecule has 96 valence electrons. The third kappa shape index (κ3) is 2.05. The maximum atomic E-state index is 5.66. The van der Waals surface area contributed by atoms with Crippen LogP contribution in [0.25, 0.3) is 10.9 Å². The molecule has 0 bridgehead atoms. The smallest absolute Gasteiger partial charge is 0.0781 e. The van der Waals surface area contributed by atoms with E-state index in [1.165, 1.54) is 0 Å². The van der Waals surface area contributed by atoms with Crippen molar-refractivity contribution in [1.82, 2.24) is 4.98 Å². The first-order chi connectivity index (χ1) is 8.72. The van der Waals surface area contributed by atoms with Crippen molar-refractivity contribution in [3.05, 3.63) is 35.0 Å². The summed E-state index contributed by atoms with van der Waals surface area (Å²) >= 11 is 0. The molecule has 4 heteroatoms. The van der Waals surface area contributed by atoms with Crippen molar-refractivity contribution >= 4 is 16.6 Å². The number of nitrogens with two attached hydrogens (primary N) is 1. The van der Waals surface area contributed by atoms with Gasteiger partial charge in [-0.2, -0.15) is 0 Å². The van der Waals surface area contributed by atoms with Gasteiger partial charge in [0.15, 0.2) is 0 Å². The van der Waals surface area contributed by atoms with Crippen molar-refractivity contribution in [2.45, 2.75) is 26.9 Å². The number of nitrogens with zero attached hydrogens (tertiary/aromatic N) is 1. The van der Waals surface area contributed by atoms with Crippen molar-refractivity contribution in [1.29, 1.82) is 0 Å². The molecule has 0 unspecified atom stereocenters. The van der Waals surface area contributed by atoms with E-state index in [1.807, 2.05) is 25.1 Å². The number of rotatable bonds is 4. The lowest BCUT2D eigenvalue weighted by Crippen LogP contribution is -2.11. The summed E-state index contributed by atoms with van der Waals surface area (Å²) in [6, 6.07) is 6.07. The Labute approximate surface area is 107 Å². The molecular weight excluding hydrogens is 226 g/mol. The van der Waals surface area contributed by atoms with Crippen LogP contribution in [0.3, 0.4) is 0 Å². The second kappa shape index (κ2) is 5.33. The molecule has 2 rings (SSSR count). The Morgan fingerprint density at radius 3 is 2.78 bits per heavy atom. The van der Waals surface area contributed by atoms with E-state index in [-0.39, 0.29) is 0 Å². The number of ether oxygens (including phenoxy) is 1. The number of hydrogen-bond donors (Lipinski definition) is 2. The number of hydrogen-bond acceptors (Lipinski definition) is 4. The topological polar surface area (TPSA) is 60.2 Å². The van der Waals surface area contributed by atoms with E-state index in [2.05, 4.69) is 12.3 Å². The molecule has 0 fully saturated rings. The van der Waals surface area contributed by atoms with Gasteiger partial charge in [-0.05, 0) is 18.9 Å². The van der Waals surface area contributed by atoms with E-state index < -0.39 is 0 Å². The number of methoxy groups -OCH3 is 1. The van der Waals surface area contributed by atoms with Crippen LogP contribution in [0.5, 0.6) is 0 Å². The highest BCUT2D eigenvalue weighted by atomic mass is 16.5. The van der Waals surface area contributed by atoms with Crippen LogP contribution < -0.4 is 11.3 Å². The number of benzene rings is 1. The molecule has 0 spiro atoms. The zero-order chi connectivity index (χ0) is 13.1. The molecule has 0 saturated carbocycles. The summed E-state index contributed by atoms with van der Waals surface area (Å²) < 4.78 is 5.22. The van der Waals surface area contributed by atoms with Gasteiger partial charge in [0.1, 0.15) is 0 Å². The number of anilines is 1. The van der Waals surface area contributed by atoms with Gasteiger partial charge in [-0.15, -0.1) is 0 Å². The number of fused-ring (bicyclic) bond motifs is 1. The first-order valence-electron chi connectivity index (χ1n) is 6.09. The number of pyridine rings is 1. The SMILES string of the molecule is CCc1nc2c(COC)cccc2c(NN)c1C. The van der Waals surface area contributed by atoms with Gasteiger partial charge >= 0.3 is 0 Å². The number of para-hydroxylation sites is 1. The fourth-order valence-corrected chi connectivity index (χ4v) is 2.29. The monoisotopic (exact) mass is 245 g/mol. The Balaban J connectivity index is 2.78. The fourth-order valence-electron chi connectivity index (χ4n) is 2.29. The van der Waals surface area contributed by atoms with Crippen LogP contribution >= 0.6 is 0 Å². The summed E-state index contributed by atoms with van der Waals surface area (Å²) in [5, 5.41) is 1.04. The average molecular weight is 245 g/mol. The zero-order valence-electron chi connectivity index (χ0n) is 11.1. The third-order valence-electron chi connectivity index (χ3n) is 3.22. The van der Waals surface area contributed by atoms with E-state index in [0.717, 1.165) is 39.8 Å². The Bertz CT molecular complexity index is 566. The average Bonchev–Trinajstić information content (AvgIpc) is 2.39. The van der Waals surface area contributed by atoms with Gasteiger partial charge in [0.05, 0.1) is 17.8 Å². The number of aryl methyl sites for hydroxylation is 1. The highest BCUT2D eigenvalue weighted by Gasteiger charge is 2.12. The van der Waals surface area contributed by atoms with E-state index in [9.17, 15) is 0 Å². The molecule has 1 heterocycles. The second-order valence-corrected chi connectivity index (χ2v) is 4.30. The number of nitrogens with one attached hydrogen (secondary N) is 1. The third-order valence-corrected chi connectivity index (χ3v) is 3.22. The van der Waals surface area contributed by atoms with Gasteiger partial charge in [-0.3, -0.25) is 10.8 Å². The largest absolute Gasteiger partial charge is 0.380 e. The zero-order valence-corrected chi connectivity index (χ0v) is 11.1. The minimum absolute atomic E-state index is 0.556. The van der Waals surface area contributed by atoms with E-state index >= 15 is 0 Å². The molecule has 0 amide bonds. The van der Waals surface area contributed by atoms with Crippen LogP contribution in [-0.2, 0) is 17.8 Å². The van der Waals surface area contributed by atoms with E-state index in [1.54, 1.807) is 7.11 Å². The summed E-state index contributed by atoms with van der Waals surface area (Å²) in [7, 11) is 1.69. The summed E-state index contributed by atoms with van der Waals surface area (Å²) in [6.45, 7) is 4.70. The van der Waals surface area contributed by atoms with Crippen molar-refractivity contribution in [2.24, 2.45) is 5.84 Å². The number of hydrazine groups is 1. The lowest BCUT2D eigenvalue weighted by Gasteiger charge is -2.15. The van der Waals surface area contributed by atoms with Gasteiger partial charge in [-0.25, -0.2) is 0 Å². The summed E-state index contributed by atoms with van der Waals surface area (Å²) in [4.78, 5) is 4.74. The van der Waals surface area contributed by atoms with Crippen LogP contribution in [-0.4, -0.2) is 12.1 Å². The molecule has 3 N–H and O–H groups in total. The predicted molar refractivity (Wildman–Crippen MR) is 74.4 cm³/mol. The van der Waals surface area contributed by atoms with Gasteiger partial charge in [0.2, 0.25) is 0 Å². The van der Waals surface area contributed by atoms with Crippen LogP contribution in [0.1, 0.15) is 23.7 Å². The quantitative estimate of drug-likeness (QED) is 0.642. The van der Waals surface area contributed by atoms with Gasteiger partial charge in [-0.1, -0.05) is 25.1 Å². The van der Waals surface area contributed by atoms with Gasteiger partial charge in [0.25, 0.3) is 0 Å². The first-order valence-corrected chi connectivity index (χ1v) is 6.09. The Hall–Kier alpha value is -1.65. The first kappa shape index (κ1) is 12.8. The van der Waals surface area contributed by atoms with Crippen molar-refractivity contribution < 1.29 is 4.74 Å². The van der Waals surface area contributed by atoms with Crippen molar-refractivity contribution in [3.63, 3.8) is 0 Å². The maximum absolute atomic E-state index is 5.66. The van der Waals surface area contributed by atoms with E-state index in [4.69, 9.17) is 15.6 Å². The molecular formula is C14H19N3O.